The van der Waals surface area contributed by atoms with Crippen molar-refractivity contribution in [1.82, 2.24) is 5.32 Å². The van der Waals surface area contributed by atoms with Gasteiger partial charge in [-0.1, -0.05) is 30.3 Å². The van der Waals surface area contributed by atoms with Gasteiger partial charge in [-0.15, -0.1) is 0 Å². The molecule has 1 amide bonds. The fourth-order valence-corrected chi connectivity index (χ4v) is 1.97. The van der Waals surface area contributed by atoms with Gasteiger partial charge in [0.15, 0.2) is 0 Å². The van der Waals surface area contributed by atoms with Crippen LogP contribution >= 0.6 is 0 Å². The van der Waals surface area contributed by atoms with E-state index < -0.39 is 0 Å². The average molecular weight is 235 g/mol. The van der Waals surface area contributed by atoms with Crippen LogP contribution in [-0.4, -0.2) is 30.3 Å². The summed E-state index contributed by atoms with van der Waals surface area (Å²) in [7, 11) is 0. The van der Waals surface area contributed by atoms with Crippen LogP contribution in [0.4, 0.5) is 0 Å². The molecule has 1 aromatic rings. The lowest BCUT2D eigenvalue weighted by Gasteiger charge is -2.19. The van der Waals surface area contributed by atoms with Crippen molar-refractivity contribution in [2.24, 2.45) is 0 Å². The maximum atomic E-state index is 11.8. The first kappa shape index (κ1) is 12.1. The van der Waals surface area contributed by atoms with Crippen molar-refractivity contribution in [2.75, 3.05) is 13.2 Å². The number of hydrogen-bond donors (Lipinski definition) is 2. The first-order chi connectivity index (χ1) is 8.31. The summed E-state index contributed by atoms with van der Waals surface area (Å²) in [6.07, 6.45) is 1.33. The molecule has 0 aromatic heterocycles. The van der Waals surface area contributed by atoms with E-state index in [-0.39, 0.29) is 24.7 Å². The lowest BCUT2D eigenvalue weighted by molar-refractivity contribution is -0.131. The molecule has 1 saturated heterocycles. The van der Waals surface area contributed by atoms with Crippen molar-refractivity contribution in [3.05, 3.63) is 35.9 Å². The summed E-state index contributed by atoms with van der Waals surface area (Å²) in [5, 5.41) is 12.1. The molecule has 17 heavy (non-hydrogen) atoms. The van der Waals surface area contributed by atoms with Gasteiger partial charge in [0.25, 0.3) is 0 Å². The highest BCUT2D eigenvalue weighted by Crippen LogP contribution is 2.16. The second kappa shape index (κ2) is 5.80. The van der Waals surface area contributed by atoms with Crippen molar-refractivity contribution in [1.29, 1.82) is 0 Å². The van der Waals surface area contributed by atoms with Gasteiger partial charge < -0.3 is 15.2 Å². The maximum absolute atomic E-state index is 11.8. The van der Waals surface area contributed by atoms with E-state index in [1.54, 1.807) is 0 Å². The molecule has 4 heteroatoms. The quantitative estimate of drug-likeness (QED) is 0.819. The molecule has 2 N–H and O–H groups in total. The van der Waals surface area contributed by atoms with Gasteiger partial charge in [-0.25, -0.2) is 0 Å². The number of benzene rings is 1. The van der Waals surface area contributed by atoms with Crippen LogP contribution in [0.1, 0.15) is 24.4 Å². The van der Waals surface area contributed by atoms with Crippen molar-refractivity contribution < 1.29 is 14.6 Å². The van der Waals surface area contributed by atoms with Crippen LogP contribution in [0.15, 0.2) is 30.3 Å². The molecule has 1 heterocycles. The smallest absolute Gasteiger partial charge is 0.249 e. The van der Waals surface area contributed by atoms with Gasteiger partial charge in [0.05, 0.1) is 12.6 Å². The first-order valence-corrected chi connectivity index (χ1v) is 5.89. The third-order valence-electron chi connectivity index (χ3n) is 2.92. The highest BCUT2D eigenvalue weighted by atomic mass is 16.5. The van der Waals surface area contributed by atoms with Gasteiger partial charge in [0, 0.05) is 6.61 Å². The topological polar surface area (TPSA) is 58.6 Å². The summed E-state index contributed by atoms with van der Waals surface area (Å²) in [6.45, 7) is 0.537. The van der Waals surface area contributed by atoms with Crippen LogP contribution in [0, 0.1) is 0 Å². The van der Waals surface area contributed by atoms with E-state index in [0.717, 1.165) is 18.4 Å². The molecule has 0 spiro atoms. The Bertz CT molecular complexity index is 360. The summed E-state index contributed by atoms with van der Waals surface area (Å²) in [5.74, 6) is -0.134. The van der Waals surface area contributed by atoms with Crippen LogP contribution in [0.5, 0.6) is 0 Å². The van der Waals surface area contributed by atoms with Gasteiger partial charge in [0.2, 0.25) is 5.91 Å². The number of carbonyl (C=O) groups excluding carboxylic acids is 1. The number of rotatable bonds is 4. The molecule has 0 saturated carbocycles. The zero-order chi connectivity index (χ0) is 12.1. The molecule has 0 radical (unpaired) electrons. The molecule has 1 fully saturated rings. The largest absolute Gasteiger partial charge is 0.394 e. The van der Waals surface area contributed by atoms with Crippen LogP contribution in [-0.2, 0) is 9.53 Å². The maximum Gasteiger partial charge on any atom is 0.249 e. The number of aliphatic hydroxyl groups excluding tert-OH is 1. The van der Waals surface area contributed by atoms with E-state index in [0.29, 0.717) is 6.61 Å². The molecule has 1 aliphatic heterocycles. The summed E-state index contributed by atoms with van der Waals surface area (Å²) in [4.78, 5) is 11.8. The second-order valence-electron chi connectivity index (χ2n) is 4.16. The minimum absolute atomic E-state index is 0.109. The summed E-state index contributed by atoms with van der Waals surface area (Å²) in [6, 6.07) is 9.09. The standard InChI is InChI=1S/C13H17NO3/c15-9-11(10-5-2-1-3-6-10)14-13(16)12-7-4-8-17-12/h1-3,5-6,11-12,15H,4,7-9H2,(H,14,16)/t11-,12?/m1/s1. The zero-order valence-corrected chi connectivity index (χ0v) is 9.63. The molecule has 1 aromatic carbocycles. The van der Waals surface area contributed by atoms with Gasteiger partial charge >= 0.3 is 0 Å². The Balaban J connectivity index is 1.97. The molecule has 2 rings (SSSR count). The molecular weight excluding hydrogens is 218 g/mol. The first-order valence-electron chi connectivity index (χ1n) is 5.89. The number of hydrogen-bond acceptors (Lipinski definition) is 3. The molecule has 2 atom stereocenters. The SMILES string of the molecule is O=C(N[C@H](CO)c1ccccc1)C1CCCO1. The van der Waals surface area contributed by atoms with Crippen molar-refractivity contribution in [3.63, 3.8) is 0 Å². The molecule has 1 aliphatic rings. The third kappa shape index (κ3) is 3.05. The Hall–Kier alpha value is -1.39. The molecule has 4 nitrogen and oxygen atoms in total. The molecule has 0 bridgehead atoms. The summed E-state index contributed by atoms with van der Waals surface area (Å²) in [5.41, 5.74) is 0.904. The van der Waals surface area contributed by atoms with Crippen molar-refractivity contribution in [3.8, 4) is 0 Å². The average Bonchev–Trinajstić information content (AvgIpc) is 2.90. The third-order valence-corrected chi connectivity index (χ3v) is 2.92. The van der Waals surface area contributed by atoms with Crippen LogP contribution in [0.25, 0.3) is 0 Å². The van der Waals surface area contributed by atoms with Crippen LogP contribution in [0.2, 0.25) is 0 Å². The zero-order valence-electron chi connectivity index (χ0n) is 9.63. The number of nitrogens with one attached hydrogen (secondary N) is 1. The second-order valence-corrected chi connectivity index (χ2v) is 4.16. The molecular formula is C13H17NO3. The normalized spacial score (nSPS) is 21.1. The number of amides is 1. The Morgan fingerprint density at radius 3 is 2.82 bits per heavy atom. The van der Waals surface area contributed by atoms with E-state index in [1.165, 1.54) is 0 Å². The Kier molecular flexibility index (Phi) is 4.12. The number of carbonyl (C=O) groups is 1. The van der Waals surface area contributed by atoms with Gasteiger partial charge in [0.1, 0.15) is 6.10 Å². The van der Waals surface area contributed by atoms with E-state index in [1.807, 2.05) is 30.3 Å². The Morgan fingerprint density at radius 1 is 1.47 bits per heavy atom. The van der Waals surface area contributed by atoms with E-state index >= 15 is 0 Å². The fourth-order valence-electron chi connectivity index (χ4n) is 1.97. The monoisotopic (exact) mass is 235 g/mol. The predicted molar refractivity (Wildman–Crippen MR) is 63.4 cm³/mol. The minimum atomic E-state index is -0.354. The van der Waals surface area contributed by atoms with Crippen molar-refractivity contribution in [2.45, 2.75) is 25.0 Å². The highest BCUT2D eigenvalue weighted by molar-refractivity contribution is 5.81. The van der Waals surface area contributed by atoms with Gasteiger partial charge in [-0.2, -0.15) is 0 Å². The predicted octanol–water partition coefficient (Wildman–Crippen LogP) is 1.02. The van der Waals surface area contributed by atoms with E-state index in [9.17, 15) is 9.90 Å². The highest BCUT2D eigenvalue weighted by Gasteiger charge is 2.25. The number of aliphatic hydroxyl groups is 1. The summed E-state index contributed by atoms with van der Waals surface area (Å²) >= 11 is 0. The minimum Gasteiger partial charge on any atom is -0.394 e. The lowest BCUT2D eigenvalue weighted by Crippen LogP contribution is -2.38. The van der Waals surface area contributed by atoms with E-state index in [4.69, 9.17) is 4.74 Å². The van der Waals surface area contributed by atoms with Gasteiger partial charge in [-0.3, -0.25) is 4.79 Å². The lowest BCUT2D eigenvalue weighted by atomic mass is 10.1. The molecule has 0 aliphatic carbocycles. The Labute approximate surface area is 101 Å². The molecule has 1 unspecified atom stereocenters. The van der Waals surface area contributed by atoms with E-state index in [2.05, 4.69) is 5.32 Å². The van der Waals surface area contributed by atoms with Crippen LogP contribution < -0.4 is 5.32 Å². The molecule has 92 valence electrons. The van der Waals surface area contributed by atoms with Gasteiger partial charge in [-0.05, 0) is 18.4 Å². The van der Waals surface area contributed by atoms with Crippen LogP contribution in [0.3, 0.4) is 0 Å². The number of ether oxygens (including phenoxy) is 1. The fraction of sp³-hybridized carbons (Fsp3) is 0.462. The Morgan fingerprint density at radius 2 is 2.24 bits per heavy atom. The summed E-state index contributed by atoms with van der Waals surface area (Å²) < 4.78 is 5.30. The van der Waals surface area contributed by atoms with Crippen molar-refractivity contribution >= 4 is 5.91 Å².